The van der Waals surface area contributed by atoms with Crippen molar-refractivity contribution in [2.75, 3.05) is 19.6 Å². The van der Waals surface area contributed by atoms with Crippen LogP contribution in [0.1, 0.15) is 32.1 Å². The van der Waals surface area contributed by atoms with Crippen LogP contribution in [0, 0.1) is 5.92 Å². The lowest BCUT2D eigenvalue weighted by Crippen LogP contribution is -2.38. The molecular weight excluding hydrogens is 234 g/mol. The first kappa shape index (κ1) is 14.9. The summed E-state index contributed by atoms with van der Waals surface area (Å²) in [5, 5.41) is 14.7. The first-order valence-corrected chi connectivity index (χ1v) is 6.58. The number of nitrogens with one attached hydrogen (secondary N) is 2. The molecule has 6 heteroatoms. The first-order chi connectivity index (χ1) is 8.61. The molecule has 1 saturated heterocycles. The van der Waals surface area contributed by atoms with Gasteiger partial charge in [0.1, 0.15) is 6.04 Å². The molecular formula is C12H23N3O3. The Bertz CT molecular complexity index is 278. The van der Waals surface area contributed by atoms with Crippen molar-refractivity contribution >= 4 is 11.9 Å². The van der Waals surface area contributed by atoms with Gasteiger partial charge < -0.3 is 21.5 Å². The van der Waals surface area contributed by atoms with Crippen LogP contribution in [0.4, 0.5) is 0 Å². The van der Waals surface area contributed by atoms with Gasteiger partial charge in [-0.05, 0) is 45.2 Å². The Morgan fingerprint density at radius 3 is 2.61 bits per heavy atom. The van der Waals surface area contributed by atoms with E-state index < -0.39 is 12.0 Å². The summed E-state index contributed by atoms with van der Waals surface area (Å²) in [5.41, 5.74) is 5.38. The Labute approximate surface area is 107 Å². The van der Waals surface area contributed by atoms with Crippen molar-refractivity contribution in [1.82, 2.24) is 10.6 Å². The molecule has 1 amide bonds. The van der Waals surface area contributed by atoms with Crippen molar-refractivity contribution in [2.45, 2.75) is 38.1 Å². The molecule has 0 aromatic heterocycles. The lowest BCUT2D eigenvalue weighted by molar-refractivity contribution is -0.138. The number of hydrogen-bond donors (Lipinski definition) is 4. The SMILES string of the molecule is NC(CCCCNC(=O)C1CCNCC1)C(=O)O. The molecule has 1 atom stereocenters. The van der Waals surface area contributed by atoms with E-state index in [2.05, 4.69) is 10.6 Å². The van der Waals surface area contributed by atoms with Gasteiger partial charge in [0.15, 0.2) is 0 Å². The average molecular weight is 257 g/mol. The predicted octanol–water partition coefficient (Wildman–Crippen LogP) is -0.316. The number of nitrogens with two attached hydrogens (primary N) is 1. The molecule has 1 rings (SSSR count). The number of aliphatic carboxylic acids is 1. The quantitative estimate of drug-likeness (QED) is 0.468. The second-order valence-corrected chi connectivity index (χ2v) is 4.76. The third-order valence-corrected chi connectivity index (χ3v) is 3.27. The largest absolute Gasteiger partial charge is 0.480 e. The van der Waals surface area contributed by atoms with Crippen LogP contribution < -0.4 is 16.4 Å². The number of carboxylic acids is 1. The van der Waals surface area contributed by atoms with E-state index in [0.29, 0.717) is 13.0 Å². The Morgan fingerprint density at radius 1 is 1.33 bits per heavy atom. The lowest BCUT2D eigenvalue weighted by Gasteiger charge is -2.21. The zero-order valence-corrected chi connectivity index (χ0v) is 10.7. The number of carboxylic acid groups (broad SMARTS) is 1. The lowest BCUT2D eigenvalue weighted by atomic mass is 9.97. The zero-order chi connectivity index (χ0) is 13.4. The number of piperidine rings is 1. The second kappa shape index (κ2) is 8.05. The van der Waals surface area contributed by atoms with Gasteiger partial charge >= 0.3 is 5.97 Å². The predicted molar refractivity (Wildman–Crippen MR) is 68.1 cm³/mol. The van der Waals surface area contributed by atoms with Gasteiger partial charge in [0.2, 0.25) is 5.91 Å². The maximum atomic E-state index is 11.7. The summed E-state index contributed by atoms with van der Waals surface area (Å²) >= 11 is 0. The molecule has 0 spiro atoms. The maximum Gasteiger partial charge on any atom is 0.320 e. The number of hydrogen-bond acceptors (Lipinski definition) is 4. The van der Waals surface area contributed by atoms with E-state index in [1.807, 2.05) is 0 Å². The van der Waals surface area contributed by atoms with E-state index in [1.165, 1.54) is 0 Å². The summed E-state index contributed by atoms with van der Waals surface area (Å²) in [6, 6.07) is -0.787. The van der Waals surface area contributed by atoms with E-state index in [0.717, 1.165) is 38.8 Å². The van der Waals surface area contributed by atoms with E-state index in [4.69, 9.17) is 10.8 Å². The highest BCUT2D eigenvalue weighted by molar-refractivity contribution is 5.78. The third-order valence-electron chi connectivity index (χ3n) is 3.27. The van der Waals surface area contributed by atoms with Crippen molar-refractivity contribution < 1.29 is 14.7 Å². The fourth-order valence-electron chi connectivity index (χ4n) is 2.05. The molecule has 1 heterocycles. The summed E-state index contributed by atoms with van der Waals surface area (Å²) in [6.07, 6.45) is 3.75. The Hall–Kier alpha value is -1.14. The van der Waals surface area contributed by atoms with Gasteiger partial charge in [-0.1, -0.05) is 0 Å². The van der Waals surface area contributed by atoms with Crippen molar-refractivity contribution in [3.63, 3.8) is 0 Å². The molecule has 1 aliphatic heterocycles. The van der Waals surface area contributed by atoms with Gasteiger partial charge in [-0.15, -0.1) is 0 Å². The summed E-state index contributed by atoms with van der Waals surface area (Å²) < 4.78 is 0. The summed E-state index contributed by atoms with van der Waals surface area (Å²) in [6.45, 7) is 2.42. The maximum absolute atomic E-state index is 11.7. The number of amides is 1. The average Bonchev–Trinajstić information content (AvgIpc) is 2.38. The minimum absolute atomic E-state index is 0.124. The normalized spacial score (nSPS) is 18.3. The fraction of sp³-hybridized carbons (Fsp3) is 0.833. The molecule has 0 aromatic carbocycles. The topological polar surface area (TPSA) is 104 Å². The van der Waals surface area contributed by atoms with E-state index in [1.54, 1.807) is 0 Å². The highest BCUT2D eigenvalue weighted by Crippen LogP contribution is 2.11. The molecule has 0 bridgehead atoms. The molecule has 0 aromatic rings. The van der Waals surface area contributed by atoms with Crippen molar-refractivity contribution in [3.05, 3.63) is 0 Å². The van der Waals surface area contributed by atoms with Crippen LogP contribution in [0.3, 0.4) is 0 Å². The van der Waals surface area contributed by atoms with Gasteiger partial charge in [-0.3, -0.25) is 9.59 Å². The first-order valence-electron chi connectivity index (χ1n) is 6.58. The van der Waals surface area contributed by atoms with Crippen molar-refractivity contribution in [3.8, 4) is 0 Å². The van der Waals surface area contributed by atoms with Crippen LogP contribution in [-0.2, 0) is 9.59 Å². The number of rotatable bonds is 7. The number of carbonyl (C=O) groups excluding carboxylic acids is 1. The minimum atomic E-state index is -0.964. The zero-order valence-electron chi connectivity index (χ0n) is 10.7. The number of unbranched alkanes of at least 4 members (excludes halogenated alkanes) is 1. The van der Waals surface area contributed by atoms with Crippen LogP contribution in [0.25, 0.3) is 0 Å². The van der Waals surface area contributed by atoms with E-state index in [9.17, 15) is 9.59 Å². The van der Waals surface area contributed by atoms with Crippen molar-refractivity contribution in [1.29, 1.82) is 0 Å². The highest BCUT2D eigenvalue weighted by atomic mass is 16.4. The van der Waals surface area contributed by atoms with Crippen LogP contribution in [0.15, 0.2) is 0 Å². The second-order valence-electron chi connectivity index (χ2n) is 4.76. The molecule has 6 nitrogen and oxygen atoms in total. The van der Waals surface area contributed by atoms with Gasteiger partial charge in [-0.25, -0.2) is 0 Å². The molecule has 1 aliphatic rings. The molecule has 1 fully saturated rings. The molecule has 104 valence electrons. The summed E-state index contributed by atoms with van der Waals surface area (Å²) in [4.78, 5) is 22.2. The minimum Gasteiger partial charge on any atom is -0.480 e. The molecule has 0 saturated carbocycles. The smallest absolute Gasteiger partial charge is 0.320 e. The highest BCUT2D eigenvalue weighted by Gasteiger charge is 2.20. The molecule has 0 radical (unpaired) electrons. The van der Waals surface area contributed by atoms with Crippen LogP contribution in [-0.4, -0.2) is 42.7 Å². The fourth-order valence-corrected chi connectivity index (χ4v) is 2.05. The molecule has 18 heavy (non-hydrogen) atoms. The van der Waals surface area contributed by atoms with E-state index >= 15 is 0 Å². The Kier molecular flexibility index (Phi) is 6.67. The van der Waals surface area contributed by atoms with Gasteiger partial charge in [0.25, 0.3) is 0 Å². The number of carbonyl (C=O) groups is 2. The summed E-state index contributed by atoms with van der Waals surface area (Å²) in [5.74, 6) is -0.708. The Morgan fingerprint density at radius 2 is 2.00 bits per heavy atom. The Balaban J connectivity index is 2.03. The molecule has 0 aliphatic carbocycles. The molecule has 5 N–H and O–H groups in total. The third kappa shape index (κ3) is 5.46. The monoisotopic (exact) mass is 257 g/mol. The van der Waals surface area contributed by atoms with Crippen LogP contribution >= 0.6 is 0 Å². The van der Waals surface area contributed by atoms with Crippen molar-refractivity contribution in [2.24, 2.45) is 11.7 Å². The van der Waals surface area contributed by atoms with Gasteiger partial charge in [0.05, 0.1) is 0 Å². The molecule has 1 unspecified atom stereocenters. The van der Waals surface area contributed by atoms with Crippen LogP contribution in [0.5, 0.6) is 0 Å². The van der Waals surface area contributed by atoms with Gasteiger partial charge in [-0.2, -0.15) is 0 Å². The van der Waals surface area contributed by atoms with Crippen LogP contribution in [0.2, 0.25) is 0 Å². The van der Waals surface area contributed by atoms with Gasteiger partial charge in [0, 0.05) is 12.5 Å². The summed E-state index contributed by atoms with van der Waals surface area (Å²) in [7, 11) is 0. The van der Waals surface area contributed by atoms with E-state index in [-0.39, 0.29) is 11.8 Å². The standard InChI is InChI=1S/C12H23N3O3/c13-10(12(17)18)3-1-2-6-15-11(16)9-4-7-14-8-5-9/h9-10,14H,1-8,13H2,(H,15,16)(H,17,18).